The molecule has 1 heterocycles. The van der Waals surface area contributed by atoms with Crippen molar-refractivity contribution >= 4 is 0 Å². The van der Waals surface area contributed by atoms with Gasteiger partial charge < -0.3 is 4.74 Å². The summed E-state index contributed by atoms with van der Waals surface area (Å²) in [5.41, 5.74) is 1.39. The van der Waals surface area contributed by atoms with E-state index >= 15 is 0 Å². The molecule has 0 aliphatic carbocycles. The Morgan fingerprint density at radius 2 is 1.40 bits per heavy atom. The molecule has 1 aliphatic heterocycles. The fraction of sp³-hybridized carbons (Fsp3) is 0.684. The van der Waals surface area contributed by atoms with Crippen LogP contribution in [0.1, 0.15) is 53.5 Å². The molecule has 0 N–H and O–H groups in total. The van der Waals surface area contributed by atoms with Gasteiger partial charge in [0.15, 0.2) is 0 Å². The molecule has 20 heavy (non-hydrogen) atoms. The molecule has 0 bridgehead atoms. The number of rotatable bonds is 3. The molecule has 0 spiro atoms. The second-order valence-electron chi connectivity index (χ2n) is 5.89. The van der Waals surface area contributed by atoms with Gasteiger partial charge in [-0.2, -0.15) is 0 Å². The van der Waals surface area contributed by atoms with Crippen LogP contribution in [0.15, 0.2) is 30.3 Å². The third-order valence-electron chi connectivity index (χ3n) is 4.86. The van der Waals surface area contributed by atoms with Gasteiger partial charge in [0, 0.05) is 0 Å². The summed E-state index contributed by atoms with van der Waals surface area (Å²) < 4.78 is 6.33. The third kappa shape index (κ3) is 4.09. The molecule has 1 nitrogen and oxygen atoms in total. The average molecular weight is 276 g/mol. The molecule has 114 valence electrons. The molecule has 0 aromatic heterocycles. The van der Waals surface area contributed by atoms with Crippen LogP contribution < -0.4 is 0 Å². The van der Waals surface area contributed by atoms with E-state index in [2.05, 4.69) is 58.0 Å². The van der Waals surface area contributed by atoms with E-state index in [9.17, 15) is 0 Å². The summed E-state index contributed by atoms with van der Waals surface area (Å²) in [7, 11) is 0. The van der Waals surface area contributed by atoms with E-state index in [4.69, 9.17) is 4.74 Å². The Kier molecular flexibility index (Phi) is 7.29. The van der Waals surface area contributed by atoms with Gasteiger partial charge >= 0.3 is 0 Å². The molecule has 5 unspecified atom stereocenters. The normalized spacial score (nSPS) is 33.2. The van der Waals surface area contributed by atoms with Gasteiger partial charge in [-0.25, -0.2) is 0 Å². The van der Waals surface area contributed by atoms with Crippen molar-refractivity contribution < 1.29 is 4.74 Å². The first-order chi connectivity index (χ1) is 9.63. The van der Waals surface area contributed by atoms with E-state index in [0.29, 0.717) is 24.0 Å². The van der Waals surface area contributed by atoms with Crippen molar-refractivity contribution in [1.82, 2.24) is 0 Å². The molecule has 2 rings (SSSR count). The maximum atomic E-state index is 6.33. The van der Waals surface area contributed by atoms with Crippen molar-refractivity contribution in [3.05, 3.63) is 35.9 Å². The average Bonchev–Trinajstić information content (AvgIpc) is 2.51. The standard InChI is InChI=1S/C17H26O.C2H6/c1-5-16-13(3)12(2)14(4)17(18-16)11-15-9-7-6-8-10-15;1-2/h6-10,12-14,16-17H,5,11H2,1-4H3;1-2H3. The van der Waals surface area contributed by atoms with Gasteiger partial charge in [0.1, 0.15) is 0 Å². The highest BCUT2D eigenvalue weighted by Gasteiger charge is 2.37. The molecule has 0 saturated carbocycles. The molecule has 0 radical (unpaired) electrons. The fourth-order valence-corrected chi connectivity index (χ4v) is 3.18. The van der Waals surface area contributed by atoms with E-state index in [0.717, 1.165) is 18.8 Å². The van der Waals surface area contributed by atoms with Crippen LogP contribution in [-0.4, -0.2) is 12.2 Å². The number of hydrogen-bond acceptors (Lipinski definition) is 1. The zero-order chi connectivity index (χ0) is 15.1. The lowest BCUT2D eigenvalue weighted by Crippen LogP contribution is -2.45. The number of ether oxygens (including phenoxy) is 1. The van der Waals surface area contributed by atoms with Crippen molar-refractivity contribution in [1.29, 1.82) is 0 Å². The van der Waals surface area contributed by atoms with Gasteiger partial charge in [0.05, 0.1) is 12.2 Å². The third-order valence-corrected chi connectivity index (χ3v) is 4.86. The summed E-state index contributed by atoms with van der Waals surface area (Å²) in [6, 6.07) is 10.7. The van der Waals surface area contributed by atoms with Crippen LogP contribution in [0.3, 0.4) is 0 Å². The first-order valence-corrected chi connectivity index (χ1v) is 8.32. The summed E-state index contributed by atoms with van der Waals surface area (Å²) in [5.74, 6) is 2.07. The molecular weight excluding hydrogens is 244 g/mol. The van der Waals surface area contributed by atoms with Crippen molar-refractivity contribution in [2.24, 2.45) is 17.8 Å². The topological polar surface area (TPSA) is 9.23 Å². The predicted molar refractivity (Wildman–Crippen MR) is 87.9 cm³/mol. The highest BCUT2D eigenvalue weighted by Crippen LogP contribution is 2.37. The van der Waals surface area contributed by atoms with Crippen LogP contribution in [0.2, 0.25) is 0 Å². The summed E-state index contributed by atoms with van der Waals surface area (Å²) >= 11 is 0. The predicted octanol–water partition coefficient (Wildman–Crippen LogP) is 5.34. The smallest absolute Gasteiger partial charge is 0.0647 e. The zero-order valence-corrected chi connectivity index (χ0v) is 14.1. The minimum atomic E-state index is 0.378. The largest absolute Gasteiger partial charge is 0.374 e. The van der Waals surface area contributed by atoms with E-state index in [1.807, 2.05) is 13.8 Å². The minimum absolute atomic E-state index is 0.378. The van der Waals surface area contributed by atoms with Crippen LogP contribution >= 0.6 is 0 Å². The van der Waals surface area contributed by atoms with Gasteiger partial charge in [-0.15, -0.1) is 0 Å². The van der Waals surface area contributed by atoms with Crippen molar-refractivity contribution in [2.45, 2.75) is 66.6 Å². The van der Waals surface area contributed by atoms with Crippen LogP contribution in [-0.2, 0) is 11.2 Å². The van der Waals surface area contributed by atoms with Gasteiger partial charge in [0.25, 0.3) is 0 Å². The van der Waals surface area contributed by atoms with Crippen LogP contribution in [0.5, 0.6) is 0 Å². The van der Waals surface area contributed by atoms with E-state index in [-0.39, 0.29) is 0 Å². The highest BCUT2D eigenvalue weighted by atomic mass is 16.5. The maximum Gasteiger partial charge on any atom is 0.0647 e. The molecule has 1 aromatic carbocycles. The SMILES string of the molecule is CC.CCC1OC(Cc2ccccc2)C(C)C(C)C1C. The summed E-state index contributed by atoms with van der Waals surface area (Å²) in [4.78, 5) is 0. The van der Waals surface area contributed by atoms with Crippen molar-refractivity contribution in [3.63, 3.8) is 0 Å². The van der Waals surface area contributed by atoms with Crippen molar-refractivity contribution in [3.8, 4) is 0 Å². The summed E-state index contributed by atoms with van der Waals surface area (Å²) in [6.07, 6.45) is 2.99. The fourth-order valence-electron chi connectivity index (χ4n) is 3.18. The van der Waals surface area contributed by atoms with Crippen molar-refractivity contribution in [2.75, 3.05) is 0 Å². The molecule has 1 aromatic rings. The monoisotopic (exact) mass is 276 g/mol. The van der Waals surface area contributed by atoms with Gasteiger partial charge in [0.2, 0.25) is 0 Å². The Labute approximate surface area is 125 Å². The Hall–Kier alpha value is -0.820. The van der Waals surface area contributed by atoms with E-state index in [1.54, 1.807) is 0 Å². The second kappa shape index (κ2) is 8.46. The van der Waals surface area contributed by atoms with Crippen LogP contribution in [0, 0.1) is 17.8 Å². The minimum Gasteiger partial charge on any atom is -0.374 e. The second-order valence-corrected chi connectivity index (χ2v) is 5.89. The quantitative estimate of drug-likeness (QED) is 0.724. The van der Waals surface area contributed by atoms with E-state index in [1.165, 1.54) is 5.56 Å². The lowest BCUT2D eigenvalue weighted by atomic mass is 9.74. The maximum absolute atomic E-state index is 6.33. The molecule has 1 heteroatoms. The van der Waals surface area contributed by atoms with Gasteiger partial charge in [-0.05, 0) is 36.2 Å². The Bertz CT molecular complexity index is 357. The summed E-state index contributed by atoms with van der Waals surface area (Å²) in [6.45, 7) is 13.3. The molecule has 0 amide bonds. The Balaban J connectivity index is 0.000000956. The number of benzene rings is 1. The molecule has 1 fully saturated rings. The Morgan fingerprint density at radius 3 is 1.95 bits per heavy atom. The molecule has 5 atom stereocenters. The van der Waals surface area contributed by atoms with Crippen LogP contribution in [0.4, 0.5) is 0 Å². The zero-order valence-electron chi connectivity index (χ0n) is 14.1. The number of hydrogen-bond donors (Lipinski definition) is 0. The first kappa shape index (κ1) is 17.2. The Morgan fingerprint density at radius 1 is 0.850 bits per heavy atom. The molecule has 1 saturated heterocycles. The summed E-state index contributed by atoms with van der Waals surface area (Å²) in [5, 5.41) is 0. The highest BCUT2D eigenvalue weighted by molar-refractivity contribution is 5.16. The lowest BCUT2D eigenvalue weighted by molar-refractivity contribution is -0.132. The van der Waals surface area contributed by atoms with Gasteiger partial charge in [-0.3, -0.25) is 0 Å². The molecular formula is C19H32O. The first-order valence-electron chi connectivity index (χ1n) is 8.32. The van der Waals surface area contributed by atoms with Gasteiger partial charge in [-0.1, -0.05) is 71.9 Å². The van der Waals surface area contributed by atoms with Crippen LogP contribution in [0.25, 0.3) is 0 Å². The lowest BCUT2D eigenvalue weighted by Gasteiger charge is -2.44. The molecule has 1 aliphatic rings. The van der Waals surface area contributed by atoms with E-state index < -0.39 is 0 Å².